The monoisotopic (exact) mass is 558 g/mol. The first-order valence-electron chi connectivity index (χ1n) is 8.82. The van der Waals surface area contributed by atoms with E-state index in [2.05, 4.69) is 20.1 Å². The maximum absolute atomic E-state index is 14.4. The summed E-state index contributed by atoms with van der Waals surface area (Å²) in [5.74, 6) is -3.26. The van der Waals surface area contributed by atoms with Crippen LogP contribution in [0, 0.1) is 21.0 Å². The Bertz CT molecular complexity index is 979. The fourth-order valence-corrected chi connectivity index (χ4v) is 3.83. The van der Waals surface area contributed by atoms with E-state index >= 15 is 0 Å². The summed E-state index contributed by atoms with van der Waals surface area (Å²) >= 11 is 1.90. The molecule has 4 N–H and O–H groups in total. The van der Waals surface area contributed by atoms with Gasteiger partial charge < -0.3 is 15.4 Å². The standard InChI is InChI=1S/C18H22F3IN4O3S/c1-11(10-29-2)23-7-8-24-30(27,28)26-16-6-4-13(19)17(21)18(16)25-15-5-3-12(22)9-14(15)20/h3-6,9,11,23-26H,7-8,10H2,1-2H3. The lowest BCUT2D eigenvalue weighted by Gasteiger charge is -2.17. The molecule has 2 rings (SSSR count). The molecule has 0 fully saturated rings. The lowest BCUT2D eigenvalue weighted by molar-refractivity contribution is 0.172. The van der Waals surface area contributed by atoms with Crippen molar-refractivity contribution in [2.45, 2.75) is 13.0 Å². The van der Waals surface area contributed by atoms with E-state index < -0.39 is 33.3 Å². The average Bonchev–Trinajstić information content (AvgIpc) is 2.66. The Morgan fingerprint density at radius 1 is 1.07 bits per heavy atom. The fraction of sp³-hybridized carbons (Fsp3) is 0.333. The Kier molecular flexibility index (Phi) is 9.15. The highest BCUT2D eigenvalue weighted by atomic mass is 127. The first-order valence-corrected chi connectivity index (χ1v) is 11.4. The maximum Gasteiger partial charge on any atom is 0.299 e. The Labute approximate surface area is 187 Å². The van der Waals surface area contributed by atoms with Gasteiger partial charge in [-0.25, -0.2) is 13.2 Å². The second-order valence-corrected chi connectivity index (χ2v) is 9.09. The number of benzene rings is 2. The van der Waals surface area contributed by atoms with Gasteiger partial charge in [-0.2, -0.15) is 13.1 Å². The second kappa shape index (κ2) is 11.1. The van der Waals surface area contributed by atoms with Gasteiger partial charge in [0.2, 0.25) is 0 Å². The lowest BCUT2D eigenvalue weighted by atomic mass is 10.2. The largest absolute Gasteiger partial charge is 0.383 e. The van der Waals surface area contributed by atoms with Gasteiger partial charge in [-0.3, -0.25) is 4.72 Å². The normalized spacial score (nSPS) is 12.6. The van der Waals surface area contributed by atoms with Crippen LogP contribution in [0.5, 0.6) is 0 Å². The molecule has 0 amide bonds. The molecule has 0 bridgehead atoms. The van der Waals surface area contributed by atoms with Gasteiger partial charge >= 0.3 is 0 Å². The SMILES string of the molecule is COCC(C)NCCNS(=O)(=O)Nc1ccc(F)c(F)c1Nc1ccc(I)cc1F. The van der Waals surface area contributed by atoms with Crippen LogP contribution < -0.4 is 20.1 Å². The van der Waals surface area contributed by atoms with Gasteiger partial charge in [0.25, 0.3) is 10.2 Å². The van der Waals surface area contributed by atoms with E-state index in [1.807, 2.05) is 29.5 Å². The number of methoxy groups -OCH3 is 1. The fourth-order valence-electron chi connectivity index (χ4n) is 2.48. The van der Waals surface area contributed by atoms with E-state index in [0.29, 0.717) is 16.7 Å². The molecule has 2 aromatic carbocycles. The zero-order valence-electron chi connectivity index (χ0n) is 16.2. The molecule has 0 saturated heterocycles. The molecule has 0 aromatic heterocycles. The molecule has 0 aliphatic rings. The van der Waals surface area contributed by atoms with Crippen LogP contribution in [-0.4, -0.2) is 41.3 Å². The van der Waals surface area contributed by atoms with Crippen LogP contribution >= 0.6 is 22.6 Å². The molecule has 0 radical (unpaired) electrons. The minimum atomic E-state index is -4.10. The van der Waals surface area contributed by atoms with Gasteiger partial charge in [0.1, 0.15) is 11.5 Å². The molecule has 166 valence electrons. The Hall–Kier alpha value is -1.61. The van der Waals surface area contributed by atoms with Crippen LogP contribution in [0.3, 0.4) is 0 Å². The van der Waals surface area contributed by atoms with Crippen molar-refractivity contribution < 1.29 is 26.3 Å². The van der Waals surface area contributed by atoms with Crippen molar-refractivity contribution >= 4 is 49.9 Å². The number of hydrogen-bond donors (Lipinski definition) is 4. The van der Waals surface area contributed by atoms with Crippen molar-refractivity contribution in [2.75, 3.05) is 36.8 Å². The maximum atomic E-state index is 14.4. The third-order valence-electron chi connectivity index (χ3n) is 3.86. The number of ether oxygens (including phenoxy) is 1. The smallest absolute Gasteiger partial charge is 0.299 e. The lowest BCUT2D eigenvalue weighted by Crippen LogP contribution is -2.39. The highest BCUT2D eigenvalue weighted by molar-refractivity contribution is 14.1. The van der Waals surface area contributed by atoms with Gasteiger partial charge in [-0.1, -0.05) is 0 Å². The molecule has 2 aromatic rings. The molecule has 12 heteroatoms. The summed E-state index contributed by atoms with van der Waals surface area (Å²) in [6.45, 7) is 2.70. The van der Waals surface area contributed by atoms with Gasteiger partial charge in [0.15, 0.2) is 11.6 Å². The van der Waals surface area contributed by atoms with Crippen LogP contribution in [0.4, 0.5) is 30.2 Å². The van der Waals surface area contributed by atoms with Gasteiger partial charge in [-0.05, 0) is 59.8 Å². The number of hydrogen-bond acceptors (Lipinski definition) is 5. The zero-order chi connectivity index (χ0) is 22.3. The second-order valence-electron chi connectivity index (χ2n) is 6.34. The zero-order valence-corrected chi connectivity index (χ0v) is 19.2. The summed E-state index contributed by atoms with van der Waals surface area (Å²) in [7, 11) is -2.55. The average molecular weight is 558 g/mol. The minimum absolute atomic E-state index is 0.0262. The Balaban J connectivity index is 2.14. The van der Waals surface area contributed by atoms with Crippen molar-refractivity contribution in [3.05, 3.63) is 51.4 Å². The molecular formula is C18H22F3IN4O3S. The van der Waals surface area contributed by atoms with Gasteiger partial charge in [-0.15, -0.1) is 0 Å². The molecular weight excluding hydrogens is 536 g/mol. The van der Waals surface area contributed by atoms with E-state index in [4.69, 9.17) is 4.74 Å². The highest BCUT2D eigenvalue weighted by Crippen LogP contribution is 2.32. The third-order valence-corrected chi connectivity index (χ3v) is 5.60. The molecule has 30 heavy (non-hydrogen) atoms. The van der Waals surface area contributed by atoms with E-state index in [1.165, 1.54) is 12.1 Å². The van der Waals surface area contributed by atoms with Crippen LogP contribution in [0.15, 0.2) is 30.3 Å². The first-order chi connectivity index (χ1) is 14.1. The van der Waals surface area contributed by atoms with Crippen LogP contribution in [-0.2, 0) is 14.9 Å². The Morgan fingerprint density at radius 3 is 2.43 bits per heavy atom. The van der Waals surface area contributed by atoms with E-state index in [1.54, 1.807) is 13.2 Å². The molecule has 0 heterocycles. The summed E-state index contributed by atoms with van der Waals surface area (Å²) in [4.78, 5) is 0. The van der Waals surface area contributed by atoms with Gasteiger partial charge in [0.05, 0.1) is 18.0 Å². The van der Waals surface area contributed by atoms with Crippen LogP contribution in [0.1, 0.15) is 6.92 Å². The van der Waals surface area contributed by atoms with Crippen molar-refractivity contribution in [3.63, 3.8) is 0 Å². The number of anilines is 3. The van der Waals surface area contributed by atoms with Crippen molar-refractivity contribution in [2.24, 2.45) is 0 Å². The summed E-state index contributed by atoms with van der Waals surface area (Å²) in [6, 6.07) is 5.94. The molecule has 0 aliphatic carbocycles. The first kappa shape index (κ1) is 24.7. The molecule has 0 saturated carbocycles. The predicted molar refractivity (Wildman–Crippen MR) is 119 cm³/mol. The molecule has 0 spiro atoms. The molecule has 7 nitrogen and oxygen atoms in total. The third kappa shape index (κ3) is 7.27. The molecule has 0 aliphatic heterocycles. The summed E-state index contributed by atoms with van der Waals surface area (Å²) in [5, 5.41) is 5.47. The molecule has 1 unspecified atom stereocenters. The van der Waals surface area contributed by atoms with Crippen LogP contribution in [0.25, 0.3) is 0 Å². The summed E-state index contributed by atoms with van der Waals surface area (Å²) in [6.07, 6.45) is 0. The van der Waals surface area contributed by atoms with Crippen molar-refractivity contribution in [1.82, 2.24) is 10.0 Å². The summed E-state index contributed by atoms with van der Waals surface area (Å²) in [5.41, 5.74) is -0.947. The highest BCUT2D eigenvalue weighted by Gasteiger charge is 2.19. The van der Waals surface area contributed by atoms with E-state index in [0.717, 1.165) is 12.1 Å². The molecule has 1 atom stereocenters. The Morgan fingerprint density at radius 2 is 1.77 bits per heavy atom. The van der Waals surface area contributed by atoms with E-state index in [9.17, 15) is 21.6 Å². The summed E-state index contributed by atoms with van der Waals surface area (Å²) < 4.78 is 76.8. The number of rotatable bonds is 11. The quantitative estimate of drug-likeness (QED) is 0.251. The van der Waals surface area contributed by atoms with Crippen molar-refractivity contribution in [1.29, 1.82) is 0 Å². The van der Waals surface area contributed by atoms with Crippen molar-refractivity contribution in [3.8, 4) is 0 Å². The minimum Gasteiger partial charge on any atom is -0.383 e. The van der Waals surface area contributed by atoms with Crippen LogP contribution in [0.2, 0.25) is 0 Å². The number of halogens is 4. The topological polar surface area (TPSA) is 91.5 Å². The van der Waals surface area contributed by atoms with E-state index in [-0.39, 0.29) is 24.0 Å². The number of nitrogens with one attached hydrogen (secondary N) is 4. The predicted octanol–water partition coefficient (Wildman–Crippen LogP) is 3.32. The van der Waals surface area contributed by atoms with Gasteiger partial charge in [0, 0.05) is 29.8 Å².